The van der Waals surface area contributed by atoms with Crippen molar-refractivity contribution in [3.8, 4) is 0 Å². The highest BCUT2D eigenvalue weighted by molar-refractivity contribution is 5.07. The lowest BCUT2D eigenvalue weighted by Crippen LogP contribution is -2.69. The molecule has 1 saturated carbocycles. The van der Waals surface area contributed by atoms with Gasteiger partial charge >= 0.3 is 0 Å². The Bertz CT molecular complexity index is 309. The average molecular weight is 284 g/mol. The summed E-state index contributed by atoms with van der Waals surface area (Å²) >= 11 is 0. The van der Waals surface area contributed by atoms with E-state index in [4.69, 9.17) is 9.47 Å². The summed E-state index contributed by atoms with van der Waals surface area (Å²) in [4.78, 5) is 2.68. The molecule has 0 spiro atoms. The number of nitrogens with one attached hydrogen (secondary N) is 1. The van der Waals surface area contributed by atoms with Crippen LogP contribution in [-0.4, -0.2) is 62.5 Å². The Balaban J connectivity index is 1.88. The molecule has 2 aliphatic rings. The monoisotopic (exact) mass is 284 g/mol. The molecule has 0 aromatic rings. The molecule has 0 amide bonds. The van der Waals surface area contributed by atoms with Gasteiger partial charge in [-0.2, -0.15) is 0 Å². The van der Waals surface area contributed by atoms with E-state index in [1.807, 2.05) is 0 Å². The molecule has 20 heavy (non-hydrogen) atoms. The van der Waals surface area contributed by atoms with Crippen molar-refractivity contribution in [1.29, 1.82) is 0 Å². The van der Waals surface area contributed by atoms with Crippen LogP contribution in [0.5, 0.6) is 0 Å². The van der Waals surface area contributed by atoms with E-state index >= 15 is 0 Å². The summed E-state index contributed by atoms with van der Waals surface area (Å²) in [6.07, 6.45) is 3.96. The summed E-state index contributed by atoms with van der Waals surface area (Å²) in [5, 5.41) is 3.80. The Morgan fingerprint density at radius 3 is 2.55 bits per heavy atom. The van der Waals surface area contributed by atoms with Gasteiger partial charge in [0, 0.05) is 37.8 Å². The van der Waals surface area contributed by atoms with Crippen LogP contribution in [0.2, 0.25) is 0 Å². The largest absolute Gasteiger partial charge is 0.382 e. The fraction of sp³-hybridized carbons (Fsp3) is 1.00. The second-order valence-corrected chi connectivity index (χ2v) is 6.93. The zero-order chi connectivity index (χ0) is 14.6. The fourth-order valence-electron chi connectivity index (χ4n) is 3.26. The number of hydrogen-bond donors (Lipinski definition) is 1. The predicted molar refractivity (Wildman–Crippen MR) is 82.1 cm³/mol. The molecule has 0 bridgehead atoms. The first kappa shape index (κ1) is 16.2. The van der Waals surface area contributed by atoms with Gasteiger partial charge in [-0.3, -0.25) is 4.90 Å². The van der Waals surface area contributed by atoms with Crippen molar-refractivity contribution in [2.45, 2.75) is 51.1 Å². The van der Waals surface area contributed by atoms with Gasteiger partial charge in [0.2, 0.25) is 0 Å². The number of hydrogen-bond acceptors (Lipinski definition) is 4. The van der Waals surface area contributed by atoms with Crippen LogP contribution in [0.4, 0.5) is 0 Å². The molecule has 118 valence electrons. The number of rotatable bonds is 8. The zero-order valence-electron chi connectivity index (χ0n) is 13.7. The normalized spacial score (nSPS) is 35.4. The van der Waals surface area contributed by atoms with Gasteiger partial charge < -0.3 is 14.8 Å². The number of ether oxygens (including phenoxy) is 2. The van der Waals surface area contributed by atoms with Crippen LogP contribution in [-0.2, 0) is 9.47 Å². The molecule has 2 unspecified atom stereocenters. The summed E-state index contributed by atoms with van der Waals surface area (Å²) in [5.74, 6) is 0.871. The predicted octanol–water partition coefficient (Wildman–Crippen LogP) is 1.89. The van der Waals surface area contributed by atoms with Crippen molar-refractivity contribution in [2.75, 3.05) is 46.6 Å². The Hall–Kier alpha value is -0.160. The second-order valence-electron chi connectivity index (χ2n) is 6.93. The molecule has 2 atom stereocenters. The molecule has 0 aromatic carbocycles. The molecule has 1 aliphatic heterocycles. The minimum Gasteiger partial charge on any atom is -0.382 e. The van der Waals surface area contributed by atoms with Crippen LogP contribution in [0.3, 0.4) is 0 Å². The smallest absolute Gasteiger partial charge is 0.0700 e. The molecule has 1 aliphatic carbocycles. The van der Waals surface area contributed by atoms with Crippen molar-refractivity contribution in [3.05, 3.63) is 0 Å². The summed E-state index contributed by atoms with van der Waals surface area (Å²) in [5.41, 5.74) is 0.570. The first-order chi connectivity index (χ1) is 9.54. The third kappa shape index (κ3) is 3.73. The van der Waals surface area contributed by atoms with Crippen LogP contribution in [0, 0.1) is 5.92 Å². The van der Waals surface area contributed by atoms with Crippen molar-refractivity contribution in [2.24, 2.45) is 5.92 Å². The van der Waals surface area contributed by atoms with Gasteiger partial charge in [-0.25, -0.2) is 0 Å². The zero-order valence-corrected chi connectivity index (χ0v) is 13.7. The van der Waals surface area contributed by atoms with Gasteiger partial charge in [0.25, 0.3) is 0 Å². The van der Waals surface area contributed by atoms with Gasteiger partial charge in [0.05, 0.1) is 19.8 Å². The van der Waals surface area contributed by atoms with E-state index in [9.17, 15) is 0 Å². The number of methoxy groups -OCH3 is 1. The minimum absolute atomic E-state index is 0.251. The Kier molecular flexibility index (Phi) is 5.46. The lowest BCUT2D eigenvalue weighted by molar-refractivity contribution is -0.0203. The molecule has 0 aromatic heterocycles. The lowest BCUT2D eigenvalue weighted by Gasteiger charge is -2.52. The molecule has 1 heterocycles. The fourth-order valence-corrected chi connectivity index (χ4v) is 3.26. The molecular formula is C16H32N2O2. The number of nitrogens with zero attached hydrogens (tertiary/aromatic N) is 1. The van der Waals surface area contributed by atoms with Crippen LogP contribution < -0.4 is 5.32 Å². The molecule has 1 saturated heterocycles. The van der Waals surface area contributed by atoms with E-state index in [0.29, 0.717) is 18.8 Å². The third-order valence-corrected chi connectivity index (χ3v) is 5.31. The second kappa shape index (κ2) is 6.73. The van der Waals surface area contributed by atoms with E-state index in [-0.39, 0.29) is 5.54 Å². The van der Waals surface area contributed by atoms with Crippen molar-refractivity contribution < 1.29 is 9.47 Å². The maximum atomic E-state index is 5.69. The van der Waals surface area contributed by atoms with Gasteiger partial charge in [-0.15, -0.1) is 0 Å². The topological polar surface area (TPSA) is 33.7 Å². The number of piperazine rings is 1. The lowest BCUT2D eigenvalue weighted by atomic mass is 9.84. The van der Waals surface area contributed by atoms with E-state index in [1.165, 1.54) is 19.3 Å². The maximum Gasteiger partial charge on any atom is 0.0700 e. The summed E-state index contributed by atoms with van der Waals surface area (Å²) in [6.45, 7) is 12.5. The highest BCUT2D eigenvalue weighted by Gasteiger charge is 2.50. The maximum absolute atomic E-state index is 5.69. The Morgan fingerprint density at radius 1 is 1.20 bits per heavy atom. The van der Waals surface area contributed by atoms with Crippen LogP contribution in [0.15, 0.2) is 0 Å². The molecule has 2 fully saturated rings. The molecule has 4 heteroatoms. The van der Waals surface area contributed by atoms with E-state index < -0.39 is 0 Å². The van der Waals surface area contributed by atoms with E-state index in [1.54, 1.807) is 7.11 Å². The summed E-state index contributed by atoms with van der Waals surface area (Å²) in [7, 11) is 1.72. The van der Waals surface area contributed by atoms with Crippen molar-refractivity contribution >= 4 is 0 Å². The highest BCUT2D eigenvalue weighted by atomic mass is 16.5. The molecule has 1 N–H and O–H groups in total. The molecular weight excluding hydrogens is 252 g/mol. The summed E-state index contributed by atoms with van der Waals surface area (Å²) in [6, 6.07) is 0. The van der Waals surface area contributed by atoms with Crippen molar-refractivity contribution in [3.63, 3.8) is 0 Å². The van der Waals surface area contributed by atoms with Crippen LogP contribution in [0.25, 0.3) is 0 Å². The molecule has 0 radical (unpaired) electrons. The molecule has 2 rings (SSSR count). The van der Waals surface area contributed by atoms with E-state index in [2.05, 4.69) is 31.0 Å². The van der Waals surface area contributed by atoms with Crippen LogP contribution in [0.1, 0.15) is 40.0 Å². The SMILES string of the molecule is CCC1(C)CN(CCOCCOC)C(C)(C2CC2)CN1. The first-order valence-corrected chi connectivity index (χ1v) is 8.11. The van der Waals surface area contributed by atoms with Gasteiger partial charge in [0.15, 0.2) is 0 Å². The van der Waals surface area contributed by atoms with Gasteiger partial charge in [-0.1, -0.05) is 6.92 Å². The quantitative estimate of drug-likeness (QED) is 0.690. The van der Waals surface area contributed by atoms with E-state index in [0.717, 1.165) is 32.2 Å². The first-order valence-electron chi connectivity index (χ1n) is 8.11. The highest BCUT2D eigenvalue weighted by Crippen LogP contribution is 2.44. The minimum atomic E-state index is 0.251. The van der Waals surface area contributed by atoms with Crippen molar-refractivity contribution in [1.82, 2.24) is 10.2 Å². The summed E-state index contributed by atoms with van der Waals surface area (Å²) < 4.78 is 10.7. The average Bonchev–Trinajstić information content (AvgIpc) is 3.27. The standard InChI is InChI=1S/C16H32N2O2/c1-5-15(2)13-18(8-9-20-11-10-19-4)16(3,12-17-15)14-6-7-14/h14,17H,5-13H2,1-4H3. The Morgan fingerprint density at radius 2 is 1.95 bits per heavy atom. The van der Waals surface area contributed by atoms with Gasteiger partial charge in [0.1, 0.15) is 0 Å². The third-order valence-electron chi connectivity index (χ3n) is 5.31. The Labute approximate surface area is 124 Å². The van der Waals surface area contributed by atoms with Gasteiger partial charge in [-0.05, 0) is 39.0 Å². The molecule has 4 nitrogen and oxygen atoms in total. The van der Waals surface area contributed by atoms with Crippen LogP contribution >= 0.6 is 0 Å².